The summed E-state index contributed by atoms with van der Waals surface area (Å²) in [7, 11) is 0. The van der Waals surface area contributed by atoms with Crippen molar-refractivity contribution >= 4 is 11.8 Å². The Morgan fingerprint density at radius 3 is 2.80 bits per heavy atom. The van der Waals surface area contributed by atoms with E-state index in [0.29, 0.717) is 30.8 Å². The number of hydrogen-bond donors (Lipinski definition) is 1. The zero-order chi connectivity index (χ0) is 21.3. The molecule has 6 heteroatoms. The van der Waals surface area contributed by atoms with E-state index in [4.69, 9.17) is 9.47 Å². The monoisotopic (exact) mass is 413 g/mol. The van der Waals surface area contributed by atoms with Gasteiger partial charge >= 0.3 is 5.97 Å². The van der Waals surface area contributed by atoms with Gasteiger partial charge in [-0.05, 0) is 63.6 Å². The third-order valence-electron chi connectivity index (χ3n) is 8.01. The number of aliphatic hydroxyl groups is 1. The normalized spacial score (nSPS) is 35.3. The van der Waals surface area contributed by atoms with E-state index in [-0.39, 0.29) is 24.2 Å². The topological polar surface area (TPSA) is 76.1 Å². The van der Waals surface area contributed by atoms with E-state index in [1.807, 2.05) is 13.0 Å². The van der Waals surface area contributed by atoms with E-state index < -0.39 is 17.1 Å². The van der Waals surface area contributed by atoms with Crippen LogP contribution in [0.3, 0.4) is 0 Å². The van der Waals surface area contributed by atoms with Crippen LogP contribution in [0.1, 0.15) is 63.5 Å². The lowest BCUT2D eigenvalue weighted by Gasteiger charge is -2.59. The Morgan fingerprint density at radius 1 is 1.33 bits per heavy atom. The second-order valence-corrected chi connectivity index (χ2v) is 9.64. The number of ether oxygens (including phenoxy) is 2. The smallest absolute Gasteiger partial charge is 0.311 e. The Balaban J connectivity index is 1.63. The molecule has 6 nitrogen and oxygen atoms in total. The van der Waals surface area contributed by atoms with Gasteiger partial charge in [-0.2, -0.15) is 0 Å². The van der Waals surface area contributed by atoms with Gasteiger partial charge in [0.1, 0.15) is 0 Å². The van der Waals surface area contributed by atoms with Crippen LogP contribution in [0.2, 0.25) is 0 Å². The van der Waals surface area contributed by atoms with Crippen molar-refractivity contribution in [3.05, 3.63) is 23.3 Å². The summed E-state index contributed by atoms with van der Waals surface area (Å²) >= 11 is 0. The van der Waals surface area contributed by atoms with Crippen LogP contribution in [0, 0.1) is 12.8 Å². The molecule has 2 aliphatic carbocycles. The fourth-order valence-electron chi connectivity index (χ4n) is 6.16. The molecule has 2 heterocycles. The number of piperidine rings is 1. The van der Waals surface area contributed by atoms with Crippen molar-refractivity contribution in [1.29, 1.82) is 0 Å². The number of rotatable bonds is 4. The van der Waals surface area contributed by atoms with Crippen LogP contribution in [0.25, 0.3) is 0 Å². The number of carbonyl (C=O) groups is 2. The maximum Gasteiger partial charge on any atom is 0.311 e. The summed E-state index contributed by atoms with van der Waals surface area (Å²) in [6.07, 6.45) is 3.48. The average molecular weight is 414 g/mol. The molecule has 1 aromatic rings. The summed E-state index contributed by atoms with van der Waals surface area (Å²) in [4.78, 5) is 27.5. The Labute approximate surface area is 177 Å². The second kappa shape index (κ2) is 6.79. The quantitative estimate of drug-likeness (QED) is 0.604. The molecule has 1 N–H and O–H groups in total. The molecule has 0 unspecified atom stereocenters. The standard InChI is InChI=1S/C24H31NO5/c1-4-19(27)29-18-8-5-14(2)20-21(18)30-22-17(26)9-10-24(28)15(3)25(13-16-6-7-16)12-11-23(20,22)24/h5,8,15-16,22,28H,4,6-7,9-13H2,1-3H3/t15-,22+,23+,24-/m1/s1. The van der Waals surface area contributed by atoms with Gasteiger partial charge in [-0.1, -0.05) is 13.0 Å². The van der Waals surface area contributed by atoms with Crippen molar-refractivity contribution < 1.29 is 24.2 Å². The Morgan fingerprint density at radius 2 is 2.10 bits per heavy atom. The lowest BCUT2D eigenvalue weighted by molar-refractivity contribution is -0.181. The minimum absolute atomic E-state index is 0.0332. The lowest BCUT2D eigenvalue weighted by atomic mass is 9.52. The fraction of sp³-hybridized carbons (Fsp3) is 0.667. The molecule has 30 heavy (non-hydrogen) atoms. The van der Waals surface area contributed by atoms with Crippen LogP contribution in [-0.4, -0.2) is 52.6 Å². The summed E-state index contributed by atoms with van der Waals surface area (Å²) in [5.41, 5.74) is -0.0278. The largest absolute Gasteiger partial charge is 0.477 e. The number of hydrogen-bond acceptors (Lipinski definition) is 6. The van der Waals surface area contributed by atoms with Gasteiger partial charge in [0.15, 0.2) is 23.4 Å². The number of benzene rings is 1. The Hall–Kier alpha value is -1.92. The molecular weight excluding hydrogens is 382 g/mol. The second-order valence-electron chi connectivity index (χ2n) is 9.64. The highest BCUT2D eigenvalue weighted by Crippen LogP contribution is 2.62. The molecule has 0 aromatic heterocycles. The van der Waals surface area contributed by atoms with E-state index in [0.717, 1.165) is 30.1 Å². The van der Waals surface area contributed by atoms with Crippen LogP contribution >= 0.6 is 0 Å². The van der Waals surface area contributed by atoms with Crippen molar-refractivity contribution in [3.63, 3.8) is 0 Å². The van der Waals surface area contributed by atoms with Gasteiger partial charge in [0, 0.05) is 31.0 Å². The summed E-state index contributed by atoms with van der Waals surface area (Å²) in [5, 5.41) is 12.3. The van der Waals surface area contributed by atoms with Crippen molar-refractivity contribution in [3.8, 4) is 11.5 Å². The highest BCUT2D eigenvalue weighted by molar-refractivity contribution is 5.90. The van der Waals surface area contributed by atoms with Crippen LogP contribution < -0.4 is 9.47 Å². The molecule has 0 radical (unpaired) electrons. The molecule has 1 saturated heterocycles. The molecule has 0 amide bonds. The number of carbonyl (C=O) groups excluding carboxylic acids is 2. The first-order chi connectivity index (χ1) is 14.3. The van der Waals surface area contributed by atoms with E-state index >= 15 is 0 Å². The van der Waals surface area contributed by atoms with Gasteiger partial charge in [0.2, 0.25) is 0 Å². The third-order valence-corrected chi connectivity index (χ3v) is 8.01. The fourth-order valence-corrected chi connectivity index (χ4v) is 6.16. The Bertz CT molecular complexity index is 909. The van der Waals surface area contributed by atoms with E-state index in [2.05, 4.69) is 11.8 Å². The summed E-state index contributed by atoms with van der Waals surface area (Å²) in [6, 6.07) is 3.58. The maximum absolute atomic E-state index is 13.1. The number of esters is 1. The number of likely N-dealkylation sites (tertiary alicyclic amines) is 1. The van der Waals surface area contributed by atoms with Crippen molar-refractivity contribution in [1.82, 2.24) is 4.90 Å². The molecule has 2 aliphatic heterocycles. The molecule has 4 aliphatic rings. The number of fused-ring (bicyclic) bond motifs is 1. The SMILES string of the molecule is CCC(=O)Oc1ccc(C)c2c1O[C@H]1C(=O)CC[C@@]3(O)[C@@H](C)N(CC4CC4)CC[C@]213. The van der Waals surface area contributed by atoms with Gasteiger partial charge < -0.3 is 14.6 Å². The third kappa shape index (κ3) is 2.62. The molecular formula is C24H31NO5. The predicted molar refractivity (Wildman–Crippen MR) is 111 cm³/mol. The zero-order valence-corrected chi connectivity index (χ0v) is 18.1. The lowest BCUT2D eigenvalue weighted by Crippen LogP contribution is -2.74. The van der Waals surface area contributed by atoms with Gasteiger partial charge in [0.05, 0.1) is 11.0 Å². The first-order valence-corrected chi connectivity index (χ1v) is 11.3. The number of ketones is 1. The summed E-state index contributed by atoms with van der Waals surface area (Å²) in [5.74, 6) is 1.25. The molecule has 0 bridgehead atoms. The maximum atomic E-state index is 13.1. The van der Waals surface area contributed by atoms with Crippen molar-refractivity contribution in [2.24, 2.45) is 5.92 Å². The van der Waals surface area contributed by atoms with E-state index in [1.165, 1.54) is 12.8 Å². The van der Waals surface area contributed by atoms with Crippen molar-refractivity contribution in [2.75, 3.05) is 13.1 Å². The molecule has 5 rings (SSSR count). The minimum atomic E-state index is -1.07. The molecule has 2 saturated carbocycles. The number of nitrogens with zero attached hydrogens (tertiary/aromatic N) is 1. The van der Waals surface area contributed by atoms with Crippen LogP contribution in [0.15, 0.2) is 12.1 Å². The van der Waals surface area contributed by atoms with Gasteiger partial charge in [0.25, 0.3) is 0 Å². The Kier molecular flexibility index (Phi) is 4.53. The predicted octanol–water partition coefficient (Wildman–Crippen LogP) is 2.91. The van der Waals surface area contributed by atoms with Crippen molar-refractivity contribution in [2.45, 2.75) is 82.5 Å². The zero-order valence-electron chi connectivity index (χ0n) is 18.1. The van der Waals surface area contributed by atoms with Crippen LogP contribution in [0.5, 0.6) is 11.5 Å². The van der Waals surface area contributed by atoms with E-state index in [1.54, 1.807) is 13.0 Å². The molecule has 4 atom stereocenters. The minimum Gasteiger partial charge on any atom is -0.477 e. The summed E-state index contributed by atoms with van der Waals surface area (Å²) < 4.78 is 11.8. The number of Topliss-reactive ketones (excluding diaryl/α,β-unsaturated/α-hetero) is 1. The molecule has 1 spiro atoms. The van der Waals surface area contributed by atoms with Gasteiger partial charge in [-0.3, -0.25) is 14.5 Å². The molecule has 3 fully saturated rings. The first kappa shape index (κ1) is 20.0. The van der Waals surface area contributed by atoms with Gasteiger partial charge in [-0.25, -0.2) is 0 Å². The summed E-state index contributed by atoms with van der Waals surface area (Å²) in [6.45, 7) is 7.68. The highest BCUT2D eigenvalue weighted by Gasteiger charge is 2.70. The average Bonchev–Trinajstić information content (AvgIpc) is 3.47. The van der Waals surface area contributed by atoms with Crippen LogP contribution in [-0.2, 0) is 15.0 Å². The highest BCUT2D eigenvalue weighted by atomic mass is 16.6. The first-order valence-electron chi connectivity index (χ1n) is 11.3. The van der Waals surface area contributed by atoms with Crippen LogP contribution in [0.4, 0.5) is 0 Å². The number of aryl methyl sites for hydroxylation is 1. The molecule has 162 valence electrons. The molecule has 1 aromatic carbocycles. The van der Waals surface area contributed by atoms with Gasteiger partial charge in [-0.15, -0.1) is 0 Å². The van der Waals surface area contributed by atoms with E-state index in [9.17, 15) is 14.7 Å².